The minimum atomic E-state index is -6.21. The van der Waals surface area contributed by atoms with Gasteiger partial charge in [0.2, 0.25) is 0 Å². The number of halogens is 9. The highest BCUT2D eigenvalue weighted by molar-refractivity contribution is 5.24. The Hall–Kier alpha value is -1.09. The second kappa shape index (κ2) is 3.49. The molecule has 0 aromatic rings. The first-order chi connectivity index (χ1) is 6.28. The lowest BCUT2D eigenvalue weighted by Gasteiger charge is -2.18. The Morgan fingerprint density at radius 2 is 0.867 bits per heavy atom. The SMILES string of the molecule is NC(=C(C(F)(F)F)C(F)(F)F)C(F)(F)F. The van der Waals surface area contributed by atoms with Gasteiger partial charge in [-0.05, 0) is 0 Å². The molecular formula is C5H2F9N. The lowest BCUT2D eigenvalue weighted by Crippen LogP contribution is -2.35. The van der Waals surface area contributed by atoms with Crippen LogP contribution in [0.25, 0.3) is 0 Å². The molecule has 15 heavy (non-hydrogen) atoms. The van der Waals surface area contributed by atoms with Crippen molar-refractivity contribution < 1.29 is 39.5 Å². The Labute approximate surface area is 76.3 Å². The fourth-order valence-electron chi connectivity index (χ4n) is 0.608. The Balaban J connectivity index is 5.71. The predicted molar refractivity (Wildman–Crippen MR) is 29.4 cm³/mol. The van der Waals surface area contributed by atoms with Gasteiger partial charge >= 0.3 is 18.5 Å². The molecule has 0 rings (SSSR count). The van der Waals surface area contributed by atoms with Gasteiger partial charge < -0.3 is 5.73 Å². The van der Waals surface area contributed by atoms with Crippen molar-refractivity contribution >= 4 is 0 Å². The van der Waals surface area contributed by atoms with Gasteiger partial charge in [0.15, 0.2) is 5.57 Å². The number of nitrogens with two attached hydrogens (primary N) is 1. The second-order valence-corrected chi connectivity index (χ2v) is 2.28. The van der Waals surface area contributed by atoms with Crippen molar-refractivity contribution in [3.8, 4) is 0 Å². The van der Waals surface area contributed by atoms with E-state index < -0.39 is 29.8 Å². The summed E-state index contributed by atoms with van der Waals surface area (Å²) in [6.45, 7) is 0. The lowest BCUT2D eigenvalue weighted by atomic mass is 10.2. The topological polar surface area (TPSA) is 26.0 Å². The minimum Gasteiger partial charge on any atom is -0.394 e. The normalized spacial score (nSPS) is 13.9. The van der Waals surface area contributed by atoms with Gasteiger partial charge in [0, 0.05) is 0 Å². The average molecular weight is 247 g/mol. The highest BCUT2D eigenvalue weighted by Gasteiger charge is 2.56. The quantitative estimate of drug-likeness (QED) is 0.654. The van der Waals surface area contributed by atoms with E-state index in [1.54, 1.807) is 0 Å². The smallest absolute Gasteiger partial charge is 0.394 e. The Bertz CT molecular complexity index is 248. The van der Waals surface area contributed by atoms with Crippen LogP contribution in [0.2, 0.25) is 0 Å². The van der Waals surface area contributed by atoms with E-state index in [2.05, 4.69) is 5.73 Å². The van der Waals surface area contributed by atoms with E-state index in [9.17, 15) is 39.5 Å². The summed E-state index contributed by atoms with van der Waals surface area (Å²) in [7, 11) is 0. The maximum absolute atomic E-state index is 11.6. The zero-order valence-corrected chi connectivity index (χ0v) is 6.48. The van der Waals surface area contributed by atoms with Crippen molar-refractivity contribution in [3.63, 3.8) is 0 Å². The fourth-order valence-corrected chi connectivity index (χ4v) is 0.608. The van der Waals surface area contributed by atoms with E-state index in [0.717, 1.165) is 0 Å². The van der Waals surface area contributed by atoms with Crippen molar-refractivity contribution in [2.24, 2.45) is 5.73 Å². The third kappa shape index (κ3) is 3.51. The molecule has 90 valence electrons. The molecule has 0 spiro atoms. The molecule has 0 bridgehead atoms. The van der Waals surface area contributed by atoms with Crippen LogP contribution in [0.4, 0.5) is 39.5 Å². The summed E-state index contributed by atoms with van der Waals surface area (Å²) in [6, 6.07) is 0. The molecule has 0 radical (unpaired) electrons. The number of hydrogen-bond donors (Lipinski definition) is 1. The van der Waals surface area contributed by atoms with Gasteiger partial charge in [-0.3, -0.25) is 0 Å². The number of alkyl halides is 9. The van der Waals surface area contributed by atoms with Gasteiger partial charge in [-0.1, -0.05) is 0 Å². The largest absolute Gasteiger partial charge is 0.431 e. The third-order valence-corrected chi connectivity index (χ3v) is 1.14. The van der Waals surface area contributed by atoms with Crippen LogP contribution >= 0.6 is 0 Å². The van der Waals surface area contributed by atoms with E-state index in [-0.39, 0.29) is 0 Å². The molecule has 0 saturated carbocycles. The van der Waals surface area contributed by atoms with Crippen molar-refractivity contribution in [1.29, 1.82) is 0 Å². The lowest BCUT2D eigenvalue weighted by molar-refractivity contribution is -0.181. The summed E-state index contributed by atoms with van der Waals surface area (Å²) in [5.41, 5.74) is -3.17. The van der Waals surface area contributed by atoms with Gasteiger partial charge in [-0.2, -0.15) is 39.5 Å². The highest BCUT2D eigenvalue weighted by Crippen LogP contribution is 2.42. The molecule has 0 amide bonds. The second-order valence-electron chi connectivity index (χ2n) is 2.28. The summed E-state index contributed by atoms with van der Waals surface area (Å²) in [5.74, 6) is 0. The van der Waals surface area contributed by atoms with E-state index in [1.165, 1.54) is 0 Å². The summed E-state index contributed by atoms with van der Waals surface area (Å²) < 4.78 is 105. The molecule has 0 fully saturated rings. The van der Waals surface area contributed by atoms with Crippen LogP contribution in [-0.2, 0) is 0 Å². The maximum Gasteiger partial charge on any atom is 0.431 e. The summed E-state index contributed by atoms with van der Waals surface area (Å²) in [6.07, 6.45) is -18.3. The van der Waals surface area contributed by atoms with Crippen LogP contribution in [0.15, 0.2) is 11.3 Å². The molecule has 0 unspecified atom stereocenters. The number of allylic oxidation sites excluding steroid dienone is 2. The first-order valence-electron chi connectivity index (χ1n) is 2.99. The molecule has 0 atom stereocenters. The molecule has 0 saturated heterocycles. The number of hydrogen-bond acceptors (Lipinski definition) is 1. The molecule has 0 aromatic heterocycles. The molecule has 2 N–H and O–H groups in total. The summed E-state index contributed by atoms with van der Waals surface area (Å²) in [4.78, 5) is 0. The Morgan fingerprint density at radius 1 is 0.600 bits per heavy atom. The van der Waals surface area contributed by atoms with E-state index in [1.807, 2.05) is 0 Å². The average Bonchev–Trinajstić information content (AvgIpc) is 1.76. The first-order valence-corrected chi connectivity index (χ1v) is 2.99. The fraction of sp³-hybridized carbons (Fsp3) is 0.600. The monoisotopic (exact) mass is 247 g/mol. The molecule has 0 aliphatic heterocycles. The zero-order valence-electron chi connectivity index (χ0n) is 6.48. The Kier molecular flexibility index (Phi) is 3.24. The molecule has 0 heterocycles. The van der Waals surface area contributed by atoms with E-state index in [4.69, 9.17) is 0 Å². The van der Waals surface area contributed by atoms with Crippen molar-refractivity contribution in [2.45, 2.75) is 18.5 Å². The van der Waals surface area contributed by atoms with Gasteiger partial charge in [-0.25, -0.2) is 0 Å². The zero-order chi connectivity index (χ0) is 12.7. The van der Waals surface area contributed by atoms with E-state index >= 15 is 0 Å². The molecule has 10 heteroatoms. The van der Waals surface area contributed by atoms with Crippen molar-refractivity contribution in [1.82, 2.24) is 0 Å². The van der Waals surface area contributed by atoms with E-state index in [0.29, 0.717) is 0 Å². The van der Waals surface area contributed by atoms with Crippen LogP contribution in [0.5, 0.6) is 0 Å². The summed E-state index contributed by atoms with van der Waals surface area (Å²) >= 11 is 0. The number of rotatable bonds is 0. The highest BCUT2D eigenvalue weighted by atomic mass is 19.4. The Morgan fingerprint density at radius 3 is 0.933 bits per heavy atom. The van der Waals surface area contributed by atoms with Gasteiger partial charge in [0.1, 0.15) is 5.70 Å². The first kappa shape index (κ1) is 13.9. The molecule has 0 aliphatic carbocycles. The summed E-state index contributed by atoms with van der Waals surface area (Å²) in [5, 5.41) is 0. The van der Waals surface area contributed by atoms with Crippen LogP contribution in [0, 0.1) is 0 Å². The van der Waals surface area contributed by atoms with Gasteiger partial charge in [0.05, 0.1) is 0 Å². The third-order valence-electron chi connectivity index (χ3n) is 1.14. The van der Waals surface area contributed by atoms with Gasteiger partial charge in [-0.15, -0.1) is 0 Å². The van der Waals surface area contributed by atoms with Crippen molar-refractivity contribution in [3.05, 3.63) is 11.3 Å². The van der Waals surface area contributed by atoms with Crippen LogP contribution in [-0.4, -0.2) is 18.5 Å². The minimum absolute atomic E-state index is 3.21. The van der Waals surface area contributed by atoms with Crippen LogP contribution < -0.4 is 5.73 Å². The predicted octanol–water partition coefficient (Wildman–Crippen LogP) is 2.89. The van der Waals surface area contributed by atoms with Crippen LogP contribution in [0.1, 0.15) is 0 Å². The van der Waals surface area contributed by atoms with Crippen LogP contribution in [0.3, 0.4) is 0 Å². The maximum atomic E-state index is 11.6. The van der Waals surface area contributed by atoms with Gasteiger partial charge in [0.25, 0.3) is 0 Å². The van der Waals surface area contributed by atoms with Crippen molar-refractivity contribution in [2.75, 3.05) is 0 Å². The molecule has 0 aromatic carbocycles. The molecular weight excluding hydrogens is 245 g/mol. The standard InChI is InChI=1S/C5H2F9N/c6-3(7,8)1(4(9,10)11)2(15)5(12,13)14/h15H2. The molecule has 1 nitrogen and oxygen atoms in total. The molecule has 0 aliphatic rings.